The lowest BCUT2D eigenvalue weighted by molar-refractivity contribution is -0.121. The molecule has 1 aliphatic heterocycles. The van der Waals surface area contributed by atoms with Crippen molar-refractivity contribution in [2.45, 2.75) is 69.9 Å². The van der Waals surface area contributed by atoms with Crippen molar-refractivity contribution in [2.75, 3.05) is 26.2 Å². The molecule has 1 heterocycles. The highest BCUT2D eigenvalue weighted by Gasteiger charge is 2.20. The van der Waals surface area contributed by atoms with Crippen LogP contribution in [0, 0.1) is 0 Å². The fourth-order valence-corrected chi connectivity index (χ4v) is 4.35. The van der Waals surface area contributed by atoms with Gasteiger partial charge < -0.3 is 15.5 Å². The van der Waals surface area contributed by atoms with Crippen molar-refractivity contribution in [3.05, 3.63) is 35.9 Å². The lowest BCUT2D eigenvalue weighted by Crippen LogP contribution is -2.47. The SMILES string of the molecule is O=C(CNC1CCN(CCCC(=O)c2ccccc2)CC1)NC1CCCCC1. The molecule has 154 valence electrons. The fourth-order valence-electron chi connectivity index (χ4n) is 4.35. The summed E-state index contributed by atoms with van der Waals surface area (Å²) in [4.78, 5) is 26.7. The third kappa shape index (κ3) is 7.02. The summed E-state index contributed by atoms with van der Waals surface area (Å²) in [6, 6.07) is 10.4. The minimum atomic E-state index is 0.147. The van der Waals surface area contributed by atoms with Crippen molar-refractivity contribution in [3.8, 4) is 0 Å². The van der Waals surface area contributed by atoms with Crippen molar-refractivity contribution in [3.63, 3.8) is 0 Å². The Morgan fingerprint density at radius 1 is 0.929 bits per heavy atom. The summed E-state index contributed by atoms with van der Waals surface area (Å²) in [6.45, 7) is 3.50. The summed E-state index contributed by atoms with van der Waals surface area (Å²) in [6.07, 6.45) is 9.74. The van der Waals surface area contributed by atoms with Gasteiger partial charge in [-0.25, -0.2) is 0 Å². The summed E-state index contributed by atoms with van der Waals surface area (Å²) in [5.41, 5.74) is 0.817. The van der Waals surface area contributed by atoms with E-state index in [1.54, 1.807) is 0 Å². The highest BCUT2D eigenvalue weighted by molar-refractivity contribution is 5.95. The molecule has 0 atom stereocenters. The quantitative estimate of drug-likeness (QED) is 0.641. The molecule has 28 heavy (non-hydrogen) atoms. The van der Waals surface area contributed by atoms with Gasteiger partial charge >= 0.3 is 0 Å². The van der Waals surface area contributed by atoms with Crippen LogP contribution in [-0.4, -0.2) is 54.9 Å². The van der Waals surface area contributed by atoms with Gasteiger partial charge in [0.2, 0.25) is 5.91 Å². The Kier molecular flexibility index (Phi) is 8.49. The van der Waals surface area contributed by atoms with E-state index in [0.717, 1.165) is 57.3 Å². The molecule has 2 fully saturated rings. The molecule has 0 unspecified atom stereocenters. The Labute approximate surface area is 169 Å². The van der Waals surface area contributed by atoms with E-state index >= 15 is 0 Å². The van der Waals surface area contributed by atoms with Gasteiger partial charge in [0.25, 0.3) is 0 Å². The van der Waals surface area contributed by atoms with Gasteiger partial charge in [0.1, 0.15) is 0 Å². The maximum Gasteiger partial charge on any atom is 0.234 e. The van der Waals surface area contributed by atoms with Crippen LogP contribution in [0.15, 0.2) is 30.3 Å². The van der Waals surface area contributed by atoms with Gasteiger partial charge in [0.15, 0.2) is 5.78 Å². The first-order chi connectivity index (χ1) is 13.7. The number of nitrogens with one attached hydrogen (secondary N) is 2. The van der Waals surface area contributed by atoms with Crippen LogP contribution in [0.3, 0.4) is 0 Å². The standard InChI is InChI=1S/C23H35N3O2/c27-22(19-8-3-1-4-9-19)12-7-15-26-16-13-20(14-17-26)24-18-23(28)25-21-10-5-2-6-11-21/h1,3-4,8-9,20-21,24H,2,5-7,10-18H2,(H,25,28). The van der Waals surface area contributed by atoms with E-state index in [2.05, 4.69) is 15.5 Å². The number of hydrogen-bond donors (Lipinski definition) is 2. The normalized spacial score (nSPS) is 19.4. The molecule has 5 nitrogen and oxygen atoms in total. The van der Waals surface area contributed by atoms with E-state index in [4.69, 9.17) is 0 Å². The van der Waals surface area contributed by atoms with Gasteiger partial charge in [-0.05, 0) is 51.7 Å². The van der Waals surface area contributed by atoms with Crippen LogP contribution in [0.25, 0.3) is 0 Å². The maximum absolute atomic E-state index is 12.2. The Hall–Kier alpha value is -1.72. The second-order valence-corrected chi connectivity index (χ2v) is 8.29. The summed E-state index contributed by atoms with van der Waals surface area (Å²) < 4.78 is 0. The zero-order valence-electron chi connectivity index (χ0n) is 17.0. The number of piperidine rings is 1. The number of nitrogens with zero attached hydrogens (tertiary/aromatic N) is 1. The monoisotopic (exact) mass is 385 g/mol. The molecule has 0 spiro atoms. The number of amides is 1. The number of likely N-dealkylation sites (tertiary alicyclic amines) is 1. The number of carbonyl (C=O) groups is 2. The van der Waals surface area contributed by atoms with Crippen LogP contribution in [0.1, 0.15) is 68.1 Å². The van der Waals surface area contributed by atoms with Gasteiger partial charge in [-0.1, -0.05) is 49.6 Å². The topological polar surface area (TPSA) is 61.4 Å². The van der Waals surface area contributed by atoms with E-state index < -0.39 is 0 Å². The van der Waals surface area contributed by atoms with Gasteiger partial charge in [-0.2, -0.15) is 0 Å². The van der Waals surface area contributed by atoms with Crippen molar-refractivity contribution in [1.29, 1.82) is 0 Å². The molecule has 1 saturated heterocycles. The van der Waals surface area contributed by atoms with E-state index in [1.807, 2.05) is 30.3 Å². The summed E-state index contributed by atoms with van der Waals surface area (Å²) in [5, 5.41) is 6.61. The van der Waals surface area contributed by atoms with Crippen LogP contribution in [0.2, 0.25) is 0 Å². The molecule has 1 saturated carbocycles. The zero-order valence-corrected chi connectivity index (χ0v) is 17.0. The molecule has 2 aliphatic rings. The summed E-state index contributed by atoms with van der Waals surface area (Å²) >= 11 is 0. The second kappa shape index (κ2) is 11.3. The molecular weight excluding hydrogens is 350 g/mol. The molecule has 1 aromatic carbocycles. The summed E-state index contributed by atoms with van der Waals surface area (Å²) in [7, 11) is 0. The van der Waals surface area contributed by atoms with E-state index in [9.17, 15) is 9.59 Å². The minimum Gasteiger partial charge on any atom is -0.352 e. The van der Waals surface area contributed by atoms with E-state index in [1.165, 1.54) is 19.3 Å². The highest BCUT2D eigenvalue weighted by atomic mass is 16.2. The molecular formula is C23H35N3O2. The van der Waals surface area contributed by atoms with E-state index in [-0.39, 0.29) is 11.7 Å². The average Bonchev–Trinajstić information content (AvgIpc) is 2.74. The first-order valence-corrected chi connectivity index (χ1v) is 11.0. The van der Waals surface area contributed by atoms with Crippen LogP contribution < -0.4 is 10.6 Å². The zero-order chi connectivity index (χ0) is 19.6. The van der Waals surface area contributed by atoms with Crippen molar-refractivity contribution in [1.82, 2.24) is 15.5 Å². The van der Waals surface area contributed by atoms with E-state index in [0.29, 0.717) is 25.0 Å². The van der Waals surface area contributed by atoms with Crippen LogP contribution >= 0.6 is 0 Å². The third-order valence-corrected chi connectivity index (χ3v) is 6.08. The smallest absolute Gasteiger partial charge is 0.234 e. The molecule has 2 N–H and O–H groups in total. The van der Waals surface area contributed by atoms with Gasteiger partial charge in [0, 0.05) is 24.1 Å². The molecule has 3 rings (SSSR count). The van der Waals surface area contributed by atoms with Crippen LogP contribution in [0.4, 0.5) is 0 Å². The number of rotatable bonds is 9. The van der Waals surface area contributed by atoms with Gasteiger partial charge in [-0.3, -0.25) is 9.59 Å². The first kappa shape index (κ1) is 21.0. The number of benzene rings is 1. The minimum absolute atomic E-state index is 0.147. The average molecular weight is 386 g/mol. The number of ketones is 1. The number of Topliss-reactive ketones (excluding diaryl/α,β-unsaturated/α-hetero) is 1. The van der Waals surface area contributed by atoms with Crippen LogP contribution in [0.5, 0.6) is 0 Å². The molecule has 1 aliphatic carbocycles. The lowest BCUT2D eigenvalue weighted by Gasteiger charge is -2.32. The Morgan fingerprint density at radius 2 is 1.64 bits per heavy atom. The molecule has 0 bridgehead atoms. The molecule has 0 aromatic heterocycles. The fraction of sp³-hybridized carbons (Fsp3) is 0.652. The predicted molar refractivity (Wildman–Crippen MR) is 112 cm³/mol. The number of hydrogen-bond acceptors (Lipinski definition) is 4. The third-order valence-electron chi connectivity index (χ3n) is 6.08. The molecule has 5 heteroatoms. The molecule has 1 aromatic rings. The molecule has 1 amide bonds. The Morgan fingerprint density at radius 3 is 2.36 bits per heavy atom. The number of carbonyl (C=O) groups excluding carboxylic acids is 2. The first-order valence-electron chi connectivity index (χ1n) is 11.0. The second-order valence-electron chi connectivity index (χ2n) is 8.29. The molecule has 0 radical (unpaired) electrons. The predicted octanol–water partition coefficient (Wildman–Crippen LogP) is 3.15. The Bertz CT molecular complexity index is 606. The Balaban J connectivity index is 1.25. The van der Waals surface area contributed by atoms with Crippen LogP contribution in [-0.2, 0) is 4.79 Å². The largest absolute Gasteiger partial charge is 0.352 e. The van der Waals surface area contributed by atoms with Crippen molar-refractivity contribution in [2.24, 2.45) is 0 Å². The van der Waals surface area contributed by atoms with Gasteiger partial charge in [0.05, 0.1) is 6.54 Å². The highest BCUT2D eigenvalue weighted by Crippen LogP contribution is 2.17. The van der Waals surface area contributed by atoms with Gasteiger partial charge in [-0.15, -0.1) is 0 Å². The maximum atomic E-state index is 12.2. The lowest BCUT2D eigenvalue weighted by atomic mass is 9.95. The van der Waals surface area contributed by atoms with Crippen molar-refractivity contribution < 1.29 is 9.59 Å². The van der Waals surface area contributed by atoms with Crippen molar-refractivity contribution >= 4 is 11.7 Å². The summed E-state index contributed by atoms with van der Waals surface area (Å²) in [5.74, 6) is 0.384.